The normalized spacial score (nSPS) is 15.4. The highest BCUT2D eigenvalue weighted by Gasteiger charge is 2.12. The van der Waals surface area contributed by atoms with E-state index in [0.717, 1.165) is 49.5 Å². The summed E-state index contributed by atoms with van der Waals surface area (Å²) in [4.78, 5) is 13.4. The maximum absolute atomic E-state index is 14.5. The van der Waals surface area contributed by atoms with Gasteiger partial charge in [-0.25, -0.2) is 4.39 Å². The van der Waals surface area contributed by atoms with Crippen LogP contribution in [-0.4, -0.2) is 37.0 Å². The first kappa shape index (κ1) is 16.8. The second-order valence-corrected chi connectivity index (χ2v) is 6.28. The fourth-order valence-corrected chi connectivity index (χ4v) is 3.00. The number of ether oxygens (including phenoxy) is 1. The van der Waals surface area contributed by atoms with Crippen LogP contribution in [0.2, 0.25) is 0 Å². The van der Waals surface area contributed by atoms with Gasteiger partial charge in [0.1, 0.15) is 11.6 Å². The van der Waals surface area contributed by atoms with Crippen LogP contribution in [0.25, 0.3) is 11.1 Å². The molecule has 126 valence electrons. The molecule has 1 heterocycles. The molecule has 1 fully saturated rings. The summed E-state index contributed by atoms with van der Waals surface area (Å²) in [7, 11) is 0. The third kappa shape index (κ3) is 4.28. The lowest BCUT2D eigenvalue weighted by Crippen LogP contribution is -2.35. The Morgan fingerprint density at radius 2 is 1.75 bits per heavy atom. The fraction of sp³-hybridized carbons (Fsp3) is 0.350. The molecule has 2 aromatic rings. The molecule has 1 saturated heterocycles. The van der Waals surface area contributed by atoms with Crippen molar-refractivity contribution in [2.75, 3.05) is 26.3 Å². The largest absolute Gasteiger partial charge is 0.379 e. The standard InChI is InChI=1S/C20H22FNO2/c1-15(23)12-16-2-5-18(6-3-16)19-7-4-17(13-20(19)21)14-22-8-10-24-11-9-22/h2-7,13H,8-12,14H2,1H3. The molecule has 0 radical (unpaired) electrons. The van der Waals surface area contributed by atoms with Gasteiger partial charge < -0.3 is 4.74 Å². The van der Waals surface area contributed by atoms with E-state index in [1.54, 1.807) is 13.0 Å². The Balaban J connectivity index is 1.73. The van der Waals surface area contributed by atoms with Gasteiger partial charge >= 0.3 is 0 Å². The van der Waals surface area contributed by atoms with Crippen molar-refractivity contribution in [1.82, 2.24) is 4.90 Å². The SMILES string of the molecule is CC(=O)Cc1ccc(-c2ccc(CN3CCOCC3)cc2F)cc1. The van der Waals surface area contributed by atoms with E-state index in [0.29, 0.717) is 12.0 Å². The Kier molecular flexibility index (Phi) is 5.38. The molecule has 0 atom stereocenters. The van der Waals surface area contributed by atoms with Crippen LogP contribution in [0.5, 0.6) is 0 Å². The summed E-state index contributed by atoms with van der Waals surface area (Å²) in [6.07, 6.45) is 0.418. The summed E-state index contributed by atoms with van der Waals surface area (Å²) in [5, 5.41) is 0. The van der Waals surface area contributed by atoms with Gasteiger partial charge in [-0.1, -0.05) is 36.4 Å². The Morgan fingerprint density at radius 3 is 2.38 bits per heavy atom. The van der Waals surface area contributed by atoms with Crippen LogP contribution in [0.1, 0.15) is 18.1 Å². The summed E-state index contributed by atoms with van der Waals surface area (Å²) in [5.74, 6) is -0.0820. The van der Waals surface area contributed by atoms with Gasteiger partial charge in [0.25, 0.3) is 0 Å². The summed E-state index contributed by atoms with van der Waals surface area (Å²) in [5.41, 5.74) is 3.36. The summed E-state index contributed by atoms with van der Waals surface area (Å²) in [6, 6.07) is 13.0. The van der Waals surface area contributed by atoms with Gasteiger partial charge in [-0.05, 0) is 29.7 Å². The summed E-state index contributed by atoms with van der Waals surface area (Å²) in [6.45, 7) is 5.58. The zero-order valence-electron chi connectivity index (χ0n) is 13.9. The molecule has 3 rings (SSSR count). The van der Waals surface area contributed by atoms with Gasteiger partial charge in [0.2, 0.25) is 0 Å². The van der Waals surface area contributed by atoms with Gasteiger partial charge in [0.05, 0.1) is 13.2 Å². The van der Waals surface area contributed by atoms with Crippen molar-refractivity contribution >= 4 is 5.78 Å². The summed E-state index contributed by atoms with van der Waals surface area (Å²) >= 11 is 0. The molecule has 2 aromatic carbocycles. The highest BCUT2D eigenvalue weighted by molar-refractivity contribution is 5.78. The number of benzene rings is 2. The van der Waals surface area contributed by atoms with Crippen molar-refractivity contribution in [3.63, 3.8) is 0 Å². The van der Waals surface area contributed by atoms with Crippen molar-refractivity contribution in [2.45, 2.75) is 19.9 Å². The number of carbonyl (C=O) groups excluding carboxylic acids is 1. The van der Waals surface area contributed by atoms with E-state index < -0.39 is 0 Å². The molecular weight excluding hydrogens is 305 g/mol. The van der Waals surface area contributed by atoms with E-state index in [4.69, 9.17) is 4.74 Å². The number of hydrogen-bond donors (Lipinski definition) is 0. The quantitative estimate of drug-likeness (QED) is 0.842. The number of nitrogens with zero attached hydrogens (tertiary/aromatic N) is 1. The van der Waals surface area contributed by atoms with Gasteiger partial charge in [-0.15, -0.1) is 0 Å². The minimum Gasteiger partial charge on any atom is -0.379 e. The van der Waals surface area contributed by atoms with Gasteiger partial charge in [-0.2, -0.15) is 0 Å². The molecule has 0 unspecified atom stereocenters. The molecule has 0 N–H and O–H groups in total. The highest BCUT2D eigenvalue weighted by Crippen LogP contribution is 2.25. The first-order valence-electron chi connectivity index (χ1n) is 8.29. The average Bonchev–Trinajstić information content (AvgIpc) is 2.56. The average molecular weight is 327 g/mol. The van der Waals surface area contributed by atoms with E-state index in [1.165, 1.54) is 0 Å². The van der Waals surface area contributed by atoms with Gasteiger partial charge in [0.15, 0.2) is 0 Å². The molecule has 24 heavy (non-hydrogen) atoms. The molecule has 0 aliphatic carbocycles. The Labute approximate surface area is 142 Å². The fourth-order valence-electron chi connectivity index (χ4n) is 3.00. The Hall–Kier alpha value is -2.04. The van der Waals surface area contributed by atoms with Crippen LogP contribution < -0.4 is 0 Å². The first-order chi connectivity index (χ1) is 11.6. The van der Waals surface area contributed by atoms with E-state index in [1.807, 2.05) is 36.4 Å². The molecule has 0 bridgehead atoms. The van der Waals surface area contributed by atoms with E-state index >= 15 is 0 Å². The topological polar surface area (TPSA) is 29.5 Å². The Bertz CT molecular complexity index is 706. The maximum atomic E-state index is 14.5. The second-order valence-electron chi connectivity index (χ2n) is 6.28. The molecule has 0 spiro atoms. The lowest BCUT2D eigenvalue weighted by Gasteiger charge is -2.26. The molecule has 0 amide bonds. The van der Waals surface area contributed by atoms with E-state index in [2.05, 4.69) is 4.90 Å². The van der Waals surface area contributed by atoms with E-state index in [9.17, 15) is 9.18 Å². The lowest BCUT2D eigenvalue weighted by atomic mass is 10.00. The molecular formula is C20H22FNO2. The number of carbonyl (C=O) groups is 1. The predicted octanol–water partition coefficient (Wildman–Crippen LogP) is 3.46. The van der Waals surface area contributed by atoms with Crippen molar-refractivity contribution in [3.8, 4) is 11.1 Å². The second kappa shape index (κ2) is 7.69. The third-order valence-corrected chi connectivity index (χ3v) is 4.26. The van der Waals surface area contributed by atoms with Crippen LogP contribution in [-0.2, 0) is 22.5 Å². The zero-order chi connectivity index (χ0) is 16.9. The monoisotopic (exact) mass is 327 g/mol. The van der Waals surface area contributed by atoms with Crippen LogP contribution in [0, 0.1) is 5.82 Å². The smallest absolute Gasteiger partial charge is 0.134 e. The number of ketones is 1. The minimum absolute atomic E-state index is 0.126. The first-order valence-corrected chi connectivity index (χ1v) is 8.29. The van der Waals surface area contributed by atoms with Crippen molar-refractivity contribution in [1.29, 1.82) is 0 Å². The van der Waals surface area contributed by atoms with Crippen LogP contribution >= 0.6 is 0 Å². The predicted molar refractivity (Wildman–Crippen MR) is 92.3 cm³/mol. The lowest BCUT2D eigenvalue weighted by molar-refractivity contribution is -0.116. The number of Topliss-reactive ketones (excluding diaryl/α,β-unsaturated/α-hetero) is 1. The molecule has 3 nitrogen and oxygen atoms in total. The molecule has 1 aliphatic heterocycles. The number of halogens is 1. The van der Waals surface area contributed by atoms with Crippen molar-refractivity contribution < 1.29 is 13.9 Å². The van der Waals surface area contributed by atoms with Crippen LogP contribution in [0.3, 0.4) is 0 Å². The molecule has 1 aliphatic rings. The van der Waals surface area contributed by atoms with Crippen molar-refractivity contribution in [3.05, 3.63) is 59.4 Å². The zero-order valence-corrected chi connectivity index (χ0v) is 13.9. The number of hydrogen-bond acceptors (Lipinski definition) is 3. The van der Waals surface area contributed by atoms with Crippen LogP contribution in [0.4, 0.5) is 4.39 Å². The maximum Gasteiger partial charge on any atom is 0.134 e. The van der Waals surface area contributed by atoms with Gasteiger partial charge in [0, 0.05) is 31.6 Å². The minimum atomic E-state index is -0.208. The van der Waals surface area contributed by atoms with Crippen LogP contribution in [0.15, 0.2) is 42.5 Å². The highest BCUT2D eigenvalue weighted by atomic mass is 19.1. The number of rotatable bonds is 5. The Morgan fingerprint density at radius 1 is 1.08 bits per heavy atom. The summed E-state index contributed by atoms with van der Waals surface area (Å²) < 4.78 is 19.8. The third-order valence-electron chi connectivity index (χ3n) is 4.26. The molecule has 0 saturated carbocycles. The van der Waals surface area contributed by atoms with E-state index in [-0.39, 0.29) is 11.6 Å². The molecule has 0 aromatic heterocycles. The van der Waals surface area contributed by atoms with Crippen molar-refractivity contribution in [2.24, 2.45) is 0 Å². The molecule has 4 heteroatoms. The van der Waals surface area contributed by atoms with Gasteiger partial charge in [-0.3, -0.25) is 9.69 Å². The number of morpholine rings is 1.